The number of rotatable bonds is 8. The van der Waals surface area contributed by atoms with Gasteiger partial charge in [0.1, 0.15) is 23.4 Å². The lowest BCUT2D eigenvalue weighted by Gasteiger charge is -2.33. The first-order valence-electron chi connectivity index (χ1n) is 10.4. The van der Waals surface area contributed by atoms with E-state index in [9.17, 15) is 9.18 Å². The molecule has 2 heterocycles. The molecule has 0 N–H and O–H groups in total. The maximum absolute atomic E-state index is 13.0. The first-order valence-corrected chi connectivity index (χ1v) is 10.4. The number of carbonyl (C=O) groups excluding carboxylic acids is 1. The molecule has 0 radical (unpaired) electrons. The zero-order valence-electron chi connectivity index (χ0n) is 17.1. The van der Waals surface area contributed by atoms with E-state index in [-0.39, 0.29) is 24.4 Å². The molecule has 3 aromatic rings. The predicted octanol–water partition coefficient (Wildman–Crippen LogP) is 3.96. The number of amides is 1. The fraction of sp³-hybridized carbons (Fsp3) is 0.348. The highest BCUT2D eigenvalue weighted by Gasteiger charge is 2.32. The molecule has 1 aromatic heterocycles. The number of nitrogens with zero attached hydrogens (tertiary/aromatic N) is 3. The number of hydrogen-bond acceptors (Lipinski definition) is 6. The van der Waals surface area contributed by atoms with Crippen molar-refractivity contribution in [2.75, 3.05) is 19.8 Å². The number of para-hydroxylation sites is 1. The van der Waals surface area contributed by atoms with E-state index in [2.05, 4.69) is 10.1 Å². The first-order chi connectivity index (χ1) is 15.2. The van der Waals surface area contributed by atoms with Gasteiger partial charge in [0, 0.05) is 13.0 Å². The van der Waals surface area contributed by atoms with Crippen LogP contribution < -0.4 is 9.47 Å². The van der Waals surface area contributed by atoms with Gasteiger partial charge in [0.05, 0.1) is 6.61 Å². The molecule has 1 atom stereocenters. The van der Waals surface area contributed by atoms with Crippen LogP contribution >= 0.6 is 0 Å². The van der Waals surface area contributed by atoms with Crippen molar-refractivity contribution in [1.82, 2.24) is 15.0 Å². The third-order valence-corrected chi connectivity index (χ3v) is 5.11. The lowest BCUT2D eigenvalue weighted by molar-refractivity contribution is -0.138. The molecular formula is C23H24FN3O4. The van der Waals surface area contributed by atoms with Gasteiger partial charge in [-0.05, 0) is 55.7 Å². The molecule has 1 saturated heterocycles. The third-order valence-electron chi connectivity index (χ3n) is 5.11. The Kier molecular flexibility index (Phi) is 6.76. The number of benzene rings is 2. The summed E-state index contributed by atoms with van der Waals surface area (Å²) in [6, 6.07) is 14.8. The van der Waals surface area contributed by atoms with Crippen LogP contribution in [0, 0.1) is 5.82 Å². The molecule has 1 aliphatic heterocycles. The molecule has 8 heteroatoms. The highest BCUT2D eigenvalue weighted by molar-refractivity contribution is 5.78. The summed E-state index contributed by atoms with van der Waals surface area (Å²) in [5.74, 6) is 1.77. The van der Waals surface area contributed by atoms with Crippen LogP contribution in [-0.2, 0) is 11.2 Å². The van der Waals surface area contributed by atoms with E-state index in [4.69, 9.17) is 14.0 Å². The van der Waals surface area contributed by atoms with Gasteiger partial charge in [-0.2, -0.15) is 4.98 Å². The van der Waals surface area contributed by atoms with Crippen LogP contribution in [0.5, 0.6) is 11.5 Å². The van der Waals surface area contributed by atoms with Gasteiger partial charge >= 0.3 is 0 Å². The Hall–Kier alpha value is -3.42. The summed E-state index contributed by atoms with van der Waals surface area (Å²) in [5, 5.41) is 4.03. The molecule has 2 aromatic carbocycles. The fourth-order valence-electron chi connectivity index (χ4n) is 3.53. The van der Waals surface area contributed by atoms with Gasteiger partial charge in [-0.15, -0.1) is 0 Å². The average molecular weight is 425 g/mol. The molecule has 1 aliphatic rings. The summed E-state index contributed by atoms with van der Waals surface area (Å²) in [7, 11) is 0. The summed E-state index contributed by atoms with van der Waals surface area (Å²) in [6.45, 7) is 0.933. The molecule has 7 nitrogen and oxygen atoms in total. The zero-order valence-corrected chi connectivity index (χ0v) is 17.1. The zero-order chi connectivity index (χ0) is 21.5. The number of carbonyl (C=O) groups is 1. The molecule has 0 aliphatic carbocycles. The fourth-order valence-corrected chi connectivity index (χ4v) is 3.53. The summed E-state index contributed by atoms with van der Waals surface area (Å²) in [4.78, 5) is 19.0. The number of halogens is 1. The highest BCUT2D eigenvalue weighted by atomic mass is 19.1. The van der Waals surface area contributed by atoms with Crippen molar-refractivity contribution >= 4 is 5.91 Å². The summed E-state index contributed by atoms with van der Waals surface area (Å²) >= 11 is 0. The van der Waals surface area contributed by atoms with Crippen LogP contribution in [-0.4, -0.2) is 40.7 Å². The molecule has 0 saturated carbocycles. The molecule has 1 fully saturated rings. The van der Waals surface area contributed by atoms with E-state index in [1.54, 1.807) is 17.0 Å². The Morgan fingerprint density at radius 3 is 2.65 bits per heavy atom. The van der Waals surface area contributed by atoms with Gasteiger partial charge in [-0.3, -0.25) is 4.79 Å². The summed E-state index contributed by atoms with van der Waals surface area (Å²) in [5.41, 5.74) is 0. The van der Waals surface area contributed by atoms with Crippen molar-refractivity contribution in [3.8, 4) is 11.5 Å². The summed E-state index contributed by atoms with van der Waals surface area (Å²) in [6.07, 6.45) is 3.13. The smallest absolute Gasteiger partial charge is 0.261 e. The van der Waals surface area contributed by atoms with Crippen molar-refractivity contribution in [2.24, 2.45) is 0 Å². The minimum atomic E-state index is -0.309. The Balaban J connectivity index is 1.33. The van der Waals surface area contributed by atoms with Crippen molar-refractivity contribution in [3.63, 3.8) is 0 Å². The van der Waals surface area contributed by atoms with E-state index < -0.39 is 0 Å². The minimum absolute atomic E-state index is 0.0347. The SMILES string of the molecule is O=C(COc1ccccc1)N1CCCCC1c1nc(CCOc2ccc(F)cc2)no1. The number of aromatic nitrogens is 2. The van der Waals surface area contributed by atoms with Gasteiger partial charge < -0.3 is 18.9 Å². The van der Waals surface area contributed by atoms with Gasteiger partial charge in [-0.25, -0.2) is 4.39 Å². The largest absolute Gasteiger partial charge is 0.493 e. The van der Waals surface area contributed by atoms with Crippen LogP contribution in [0.15, 0.2) is 59.1 Å². The van der Waals surface area contributed by atoms with Crippen LogP contribution in [0.4, 0.5) is 4.39 Å². The Bertz CT molecular complexity index is 978. The van der Waals surface area contributed by atoms with Gasteiger partial charge in [0.2, 0.25) is 5.89 Å². The molecule has 1 unspecified atom stereocenters. The number of ether oxygens (including phenoxy) is 2. The molecule has 0 bridgehead atoms. The molecule has 162 valence electrons. The van der Waals surface area contributed by atoms with E-state index in [0.717, 1.165) is 19.3 Å². The maximum Gasteiger partial charge on any atom is 0.261 e. The molecular weight excluding hydrogens is 401 g/mol. The van der Waals surface area contributed by atoms with Crippen molar-refractivity contribution in [1.29, 1.82) is 0 Å². The monoisotopic (exact) mass is 425 g/mol. The average Bonchev–Trinajstić information content (AvgIpc) is 3.28. The van der Waals surface area contributed by atoms with Crippen LogP contribution in [0.25, 0.3) is 0 Å². The lowest BCUT2D eigenvalue weighted by atomic mass is 10.0. The lowest BCUT2D eigenvalue weighted by Crippen LogP contribution is -2.41. The highest BCUT2D eigenvalue weighted by Crippen LogP contribution is 2.30. The standard InChI is InChI=1S/C23H24FN3O4/c24-17-9-11-19(12-10-17)29-15-13-21-25-23(31-26-21)20-8-4-5-14-27(20)22(28)16-30-18-6-2-1-3-7-18/h1-3,6-7,9-12,20H,4-5,8,13-16H2. The molecule has 4 rings (SSSR count). The van der Waals surface area contributed by atoms with Gasteiger partial charge in [0.25, 0.3) is 5.91 Å². The molecule has 0 spiro atoms. The predicted molar refractivity (Wildman–Crippen MR) is 110 cm³/mol. The second kappa shape index (κ2) is 10.1. The quantitative estimate of drug-likeness (QED) is 0.544. The normalized spacial score (nSPS) is 16.2. The number of piperidine rings is 1. The summed E-state index contributed by atoms with van der Waals surface area (Å²) < 4.78 is 29.6. The van der Waals surface area contributed by atoms with Crippen molar-refractivity contribution < 1.29 is 23.2 Å². The van der Waals surface area contributed by atoms with Crippen molar-refractivity contribution in [2.45, 2.75) is 31.7 Å². The second-order valence-electron chi connectivity index (χ2n) is 7.30. The molecule has 1 amide bonds. The topological polar surface area (TPSA) is 77.7 Å². The Labute approximate surface area is 179 Å². The van der Waals surface area contributed by atoms with E-state index >= 15 is 0 Å². The molecule has 31 heavy (non-hydrogen) atoms. The number of likely N-dealkylation sites (tertiary alicyclic amines) is 1. The van der Waals surface area contributed by atoms with Crippen molar-refractivity contribution in [3.05, 3.63) is 72.1 Å². The van der Waals surface area contributed by atoms with E-state index in [1.165, 1.54) is 12.1 Å². The van der Waals surface area contributed by atoms with Crippen LogP contribution in [0.3, 0.4) is 0 Å². The Morgan fingerprint density at radius 1 is 1.06 bits per heavy atom. The maximum atomic E-state index is 13.0. The Morgan fingerprint density at radius 2 is 1.84 bits per heavy atom. The second-order valence-corrected chi connectivity index (χ2v) is 7.30. The number of hydrogen-bond donors (Lipinski definition) is 0. The van der Waals surface area contributed by atoms with E-state index in [1.807, 2.05) is 30.3 Å². The minimum Gasteiger partial charge on any atom is -0.493 e. The third kappa shape index (κ3) is 5.59. The first kappa shape index (κ1) is 20.8. The van der Waals surface area contributed by atoms with Crippen LogP contribution in [0.1, 0.15) is 37.0 Å². The van der Waals surface area contributed by atoms with Crippen LogP contribution in [0.2, 0.25) is 0 Å². The van der Waals surface area contributed by atoms with Gasteiger partial charge in [-0.1, -0.05) is 23.4 Å². The van der Waals surface area contributed by atoms with E-state index in [0.29, 0.717) is 42.8 Å². The van der Waals surface area contributed by atoms with Gasteiger partial charge in [0.15, 0.2) is 12.4 Å².